The first-order chi connectivity index (χ1) is 10.4. The third-order valence-corrected chi connectivity index (χ3v) is 3.44. The summed E-state index contributed by atoms with van der Waals surface area (Å²) in [6, 6.07) is 10.1. The number of carbonyl (C=O) groups excluding carboxylic acids is 1. The Morgan fingerprint density at radius 1 is 1.18 bits per heavy atom. The quantitative estimate of drug-likeness (QED) is 0.889. The minimum absolute atomic E-state index is 0.206. The molecule has 1 aromatic carbocycles. The summed E-state index contributed by atoms with van der Waals surface area (Å²) < 4.78 is 5.62. The van der Waals surface area contributed by atoms with Gasteiger partial charge in [0.15, 0.2) is 0 Å². The van der Waals surface area contributed by atoms with E-state index >= 15 is 0 Å². The summed E-state index contributed by atoms with van der Waals surface area (Å²) in [6.45, 7) is 5.18. The molecule has 0 aliphatic carbocycles. The fourth-order valence-electron chi connectivity index (χ4n) is 2.18. The molecule has 2 N–H and O–H groups in total. The Labute approximate surface area is 129 Å². The van der Waals surface area contributed by atoms with Gasteiger partial charge in [-0.2, -0.15) is 0 Å². The van der Waals surface area contributed by atoms with Gasteiger partial charge in [-0.05, 0) is 18.9 Å². The number of hydrogen-bond donors (Lipinski definition) is 2. The number of carbonyl (C=O) groups is 2. The van der Waals surface area contributed by atoms with Crippen molar-refractivity contribution in [3.63, 3.8) is 0 Å². The molecule has 0 aliphatic rings. The Bertz CT molecular complexity index is 673. The van der Waals surface area contributed by atoms with Crippen LogP contribution in [0.4, 0.5) is 0 Å². The van der Waals surface area contributed by atoms with Crippen molar-refractivity contribution in [2.75, 3.05) is 0 Å². The lowest BCUT2D eigenvalue weighted by molar-refractivity contribution is -0.140. The Kier molecular flexibility index (Phi) is 4.65. The zero-order valence-electron chi connectivity index (χ0n) is 12.8. The summed E-state index contributed by atoms with van der Waals surface area (Å²) in [5.74, 6) is -0.650. The van der Waals surface area contributed by atoms with Crippen molar-refractivity contribution >= 4 is 11.9 Å². The highest BCUT2D eigenvalue weighted by atomic mass is 16.4. The molecule has 0 aliphatic heterocycles. The maximum atomic E-state index is 12.3. The summed E-state index contributed by atoms with van der Waals surface area (Å²) >= 11 is 0. The molecule has 1 amide bonds. The van der Waals surface area contributed by atoms with Crippen LogP contribution in [0.25, 0.3) is 11.3 Å². The number of nitrogens with one attached hydrogen (secondary N) is 1. The smallest absolute Gasteiger partial charge is 0.326 e. The fourth-order valence-corrected chi connectivity index (χ4v) is 2.18. The second-order valence-corrected chi connectivity index (χ2v) is 5.48. The molecule has 0 saturated heterocycles. The van der Waals surface area contributed by atoms with Crippen molar-refractivity contribution in [1.29, 1.82) is 0 Å². The molecule has 1 aromatic heterocycles. The van der Waals surface area contributed by atoms with Gasteiger partial charge in [0.25, 0.3) is 5.91 Å². The summed E-state index contributed by atoms with van der Waals surface area (Å²) in [6.07, 6.45) is 0. The van der Waals surface area contributed by atoms with E-state index in [2.05, 4.69) is 5.32 Å². The maximum absolute atomic E-state index is 12.3. The van der Waals surface area contributed by atoms with E-state index in [0.717, 1.165) is 5.56 Å². The lowest BCUT2D eigenvalue weighted by atomic mass is 10.0. The number of carboxylic acids is 1. The normalized spacial score (nSPS) is 12.2. The molecule has 0 fully saturated rings. The highest BCUT2D eigenvalue weighted by Crippen LogP contribution is 2.25. The second kappa shape index (κ2) is 6.47. The molecule has 22 heavy (non-hydrogen) atoms. The van der Waals surface area contributed by atoms with Crippen molar-refractivity contribution in [3.05, 3.63) is 47.7 Å². The van der Waals surface area contributed by atoms with E-state index in [0.29, 0.717) is 17.1 Å². The average molecular weight is 301 g/mol. The number of aliphatic carboxylic acids is 1. The van der Waals surface area contributed by atoms with Gasteiger partial charge in [-0.15, -0.1) is 0 Å². The molecule has 1 atom stereocenters. The van der Waals surface area contributed by atoms with Gasteiger partial charge in [0.2, 0.25) is 0 Å². The lowest BCUT2D eigenvalue weighted by Crippen LogP contribution is -2.44. The van der Waals surface area contributed by atoms with E-state index in [9.17, 15) is 9.59 Å². The van der Waals surface area contributed by atoms with Gasteiger partial charge in [0.05, 0.1) is 5.56 Å². The Hall–Kier alpha value is -2.56. The van der Waals surface area contributed by atoms with Crippen LogP contribution < -0.4 is 5.32 Å². The third kappa shape index (κ3) is 3.36. The number of carboxylic acid groups (broad SMARTS) is 1. The predicted octanol–water partition coefficient (Wildman–Crippen LogP) is 3.09. The van der Waals surface area contributed by atoms with Crippen LogP contribution in [-0.4, -0.2) is 23.0 Å². The van der Waals surface area contributed by atoms with Crippen LogP contribution in [0.15, 0.2) is 40.8 Å². The zero-order chi connectivity index (χ0) is 16.3. The lowest BCUT2D eigenvalue weighted by Gasteiger charge is -2.17. The van der Waals surface area contributed by atoms with E-state index in [4.69, 9.17) is 9.52 Å². The largest absolute Gasteiger partial charge is 0.480 e. The fraction of sp³-hybridized carbons (Fsp3) is 0.294. The maximum Gasteiger partial charge on any atom is 0.326 e. The van der Waals surface area contributed by atoms with Gasteiger partial charge in [0.1, 0.15) is 17.6 Å². The van der Waals surface area contributed by atoms with Gasteiger partial charge < -0.3 is 14.8 Å². The third-order valence-electron chi connectivity index (χ3n) is 3.44. The molecule has 5 heteroatoms. The molecule has 0 bridgehead atoms. The van der Waals surface area contributed by atoms with Crippen LogP contribution in [-0.2, 0) is 4.79 Å². The summed E-state index contributed by atoms with van der Waals surface area (Å²) in [5.41, 5.74) is 1.22. The van der Waals surface area contributed by atoms with Crippen molar-refractivity contribution in [1.82, 2.24) is 5.32 Å². The molecule has 0 unspecified atom stereocenters. The van der Waals surface area contributed by atoms with Gasteiger partial charge in [-0.1, -0.05) is 44.2 Å². The van der Waals surface area contributed by atoms with Crippen LogP contribution in [0, 0.1) is 12.8 Å². The van der Waals surface area contributed by atoms with E-state index in [1.165, 1.54) is 0 Å². The Morgan fingerprint density at radius 2 is 1.82 bits per heavy atom. The van der Waals surface area contributed by atoms with Gasteiger partial charge >= 0.3 is 5.97 Å². The number of hydrogen-bond acceptors (Lipinski definition) is 3. The van der Waals surface area contributed by atoms with Crippen LogP contribution in [0.5, 0.6) is 0 Å². The standard InChI is InChI=1S/C17H19NO4/c1-10(2)15(17(20)21)18-16(19)13-9-14(22-11(13)3)12-7-5-4-6-8-12/h4-10,15H,1-3H3,(H,18,19)(H,20,21)/t15-/m0/s1. The molecule has 116 valence electrons. The first-order valence-electron chi connectivity index (χ1n) is 7.09. The van der Waals surface area contributed by atoms with Crippen LogP contribution in [0.1, 0.15) is 30.0 Å². The van der Waals surface area contributed by atoms with Crippen LogP contribution in [0.2, 0.25) is 0 Å². The second-order valence-electron chi connectivity index (χ2n) is 5.48. The first kappa shape index (κ1) is 15.8. The molecule has 0 radical (unpaired) electrons. The van der Waals surface area contributed by atoms with Gasteiger partial charge in [0, 0.05) is 5.56 Å². The number of benzene rings is 1. The molecule has 1 heterocycles. The number of amides is 1. The minimum Gasteiger partial charge on any atom is -0.480 e. The predicted molar refractivity (Wildman–Crippen MR) is 82.6 cm³/mol. The highest BCUT2D eigenvalue weighted by Gasteiger charge is 2.25. The molecule has 0 spiro atoms. The minimum atomic E-state index is -1.05. The average Bonchev–Trinajstić information content (AvgIpc) is 2.87. The molecule has 2 rings (SSSR count). The van der Waals surface area contributed by atoms with E-state index in [-0.39, 0.29) is 5.92 Å². The Morgan fingerprint density at radius 3 is 2.36 bits per heavy atom. The van der Waals surface area contributed by atoms with Gasteiger partial charge in [-0.3, -0.25) is 4.79 Å². The van der Waals surface area contributed by atoms with E-state index < -0.39 is 17.9 Å². The Balaban J connectivity index is 2.24. The van der Waals surface area contributed by atoms with Gasteiger partial charge in [-0.25, -0.2) is 4.79 Å². The highest BCUT2D eigenvalue weighted by molar-refractivity contribution is 5.98. The zero-order valence-corrected chi connectivity index (χ0v) is 12.8. The van der Waals surface area contributed by atoms with Crippen molar-refractivity contribution < 1.29 is 19.1 Å². The number of aryl methyl sites for hydroxylation is 1. The van der Waals surface area contributed by atoms with E-state index in [1.807, 2.05) is 30.3 Å². The van der Waals surface area contributed by atoms with Crippen LogP contribution in [0.3, 0.4) is 0 Å². The molecular weight excluding hydrogens is 282 g/mol. The van der Waals surface area contributed by atoms with E-state index in [1.54, 1.807) is 26.8 Å². The van der Waals surface area contributed by atoms with Crippen molar-refractivity contribution in [2.24, 2.45) is 5.92 Å². The molecular formula is C17H19NO4. The first-order valence-corrected chi connectivity index (χ1v) is 7.09. The number of furan rings is 1. The van der Waals surface area contributed by atoms with Crippen molar-refractivity contribution in [2.45, 2.75) is 26.8 Å². The topological polar surface area (TPSA) is 79.5 Å². The monoisotopic (exact) mass is 301 g/mol. The summed E-state index contributed by atoms with van der Waals surface area (Å²) in [4.78, 5) is 23.5. The van der Waals surface area contributed by atoms with Crippen molar-refractivity contribution in [3.8, 4) is 11.3 Å². The summed E-state index contributed by atoms with van der Waals surface area (Å²) in [7, 11) is 0. The molecule has 0 saturated carbocycles. The summed E-state index contributed by atoms with van der Waals surface area (Å²) in [5, 5.41) is 11.7. The molecule has 5 nitrogen and oxygen atoms in total. The van der Waals surface area contributed by atoms with Crippen LogP contribution >= 0.6 is 0 Å². The SMILES string of the molecule is Cc1oc(-c2ccccc2)cc1C(=O)N[C@H](C(=O)O)C(C)C. The number of rotatable bonds is 5. The molecule has 2 aromatic rings.